The number of aromatic nitrogens is 2. The maximum absolute atomic E-state index is 14.3. The topological polar surface area (TPSA) is 84.9 Å². The standard InChI is InChI=1S/C15H14FN3O2/c1-8(13(17)14-18-19-15(20)21-14)12-10-5-3-2-4-9(10)6-7-11(12)16/h2-8,13H,17H2,1H3,(H,19,20). The van der Waals surface area contributed by atoms with Gasteiger partial charge in [-0.15, -0.1) is 5.10 Å². The normalized spacial score (nSPS) is 14.2. The van der Waals surface area contributed by atoms with Gasteiger partial charge in [0.05, 0.1) is 6.04 Å². The van der Waals surface area contributed by atoms with Crippen LogP contribution in [-0.2, 0) is 0 Å². The van der Waals surface area contributed by atoms with Gasteiger partial charge in [0, 0.05) is 11.5 Å². The van der Waals surface area contributed by atoms with E-state index in [0.29, 0.717) is 5.56 Å². The lowest BCUT2D eigenvalue weighted by Gasteiger charge is -2.19. The summed E-state index contributed by atoms with van der Waals surface area (Å²) in [6, 6.07) is 9.91. The number of nitrogens with one attached hydrogen (secondary N) is 1. The third-order valence-corrected chi connectivity index (χ3v) is 3.65. The van der Waals surface area contributed by atoms with Crippen LogP contribution in [0.3, 0.4) is 0 Å². The van der Waals surface area contributed by atoms with Gasteiger partial charge in [-0.3, -0.25) is 0 Å². The van der Waals surface area contributed by atoms with Crippen LogP contribution in [0.5, 0.6) is 0 Å². The van der Waals surface area contributed by atoms with Crippen molar-refractivity contribution in [3.63, 3.8) is 0 Å². The van der Waals surface area contributed by atoms with Crippen molar-refractivity contribution < 1.29 is 8.81 Å². The van der Waals surface area contributed by atoms with E-state index in [1.807, 2.05) is 24.3 Å². The lowest BCUT2D eigenvalue weighted by Crippen LogP contribution is -2.19. The Morgan fingerprint density at radius 1 is 1.29 bits per heavy atom. The van der Waals surface area contributed by atoms with Gasteiger partial charge in [-0.05, 0) is 16.8 Å². The minimum atomic E-state index is -0.718. The van der Waals surface area contributed by atoms with E-state index >= 15 is 0 Å². The zero-order valence-corrected chi connectivity index (χ0v) is 11.3. The Bertz CT molecular complexity index is 840. The van der Waals surface area contributed by atoms with E-state index in [-0.39, 0.29) is 11.7 Å². The van der Waals surface area contributed by atoms with Crippen LogP contribution in [0.25, 0.3) is 10.8 Å². The van der Waals surface area contributed by atoms with Gasteiger partial charge in [-0.2, -0.15) is 0 Å². The summed E-state index contributed by atoms with van der Waals surface area (Å²) in [4.78, 5) is 11.0. The Morgan fingerprint density at radius 2 is 2.05 bits per heavy atom. The van der Waals surface area contributed by atoms with Crippen molar-refractivity contribution in [3.8, 4) is 0 Å². The fraction of sp³-hybridized carbons (Fsp3) is 0.200. The highest BCUT2D eigenvalue weighted by Crippen LogP contribution is 2.34. The van der Waals surface area contributed by atoms with Gasteiger partial charge in [-0.25, -0.2) is 14.3 Å². The van der Waals surface area contributed by atoms with Crippen LogP contribution >= 0.6 is 0 Å². The molecule has 2 atom stereocenters. The number of H-pyrrole nitrogens is 1. The summed E-state index contributed by atoms with van der Waals surface area (Å²) in [5, 5.41) is 7.60. The van der Waals surface area contributed by atoms with Crippen LogP contribution in [0.1, 0.15) is 30.3 Å². The number of benzene rings is 2. The highest BCUT2D eigenvalue weighted by atomic mass is 19.1. The fourth-order valence-electron chi connectivity index (χ4n) is 2.51. The fourth-order valence-corrected chi connectivity index (χ4v) is 2.51. The van der Waals surface area contributed by atoms with E-state index < -0.39 is 17.7 Å². The third kappa shape index (κ3) is 2.34. The molecule has 21 heavy (non-hydrogen) atoms. The van der Waals surface area contributed by atoms with Gasteiger partial charge in [0.15, 0.2) is 0 Å². The summed E-state index contributed by atoms with van der Waals surface area (Å²) in [6.45, 7) is 1.78. The number of fused-ring (bicyclic) bond motifs is 1. The maximum atomic E-state index is 14.3. The molecule has 1 heterocycles. The predicted octanol–water partition coefficient (Wildman–Crippen LogP) is 2.46. The first kappa shape index (κ1) is 13.5. The molecule has 5 nitrogen and oxygen atoms in total. The summed E-state index contributed by atoms with van der Waals surface area (Å²) < 4.78 is 19.1. The lowest BCUT2D eigenvalue weighted by atomic mass is 9.89. The monoisotopic (exact) mass is 287 g/mol. The molecule has 108 valence electrons. The number of hydrogen-bond donors (Lipinski definition) is 2. The summed E-state index contributed by atoms with van der Waals surface area (Å²) in [5.41, 5.74) is 6.55. The Labute approximate surface area is 119 Å². The van der Waals surface area contributed by atoms with Crippen molar-refractivity contribution in [3.05, 3.63) is 64.2 Å². The highest BCUT2D eigenvalue weighted by molar-refractivity contribution is 5.86. The van der Waals surface area contributed by atoms with E-state index in [1.165, 1.54) is 6.07 Å². The molecule has 3 N–H and O–H groups in total. The Kier molecular flexibility index (Phi) is 3.31. The predicted molar refractivity (Wildman–Crippen MR) is 76.4 cm³/mol. The van der Waals surface area contributed by atoms with Crippen molar-refractivity contribution in [2.45, 2.75) is 18.9 Å². The molecular formula is C15H14FN3O2. The van der Waals surface area contributed by atoms with Crippen molar-refractivity contribution in [1.29, 1.82) is 0 Å². The van der Waals surface area contributed by atoms with E-state index in [1.54, 1.807) is 13.0 Å². The number of hydrogen-bond acceptors (Lipinski definition) is 4. The molecule has 2 unspecified atom stereocenters. The molecule has 0 radical (unpaired) electrons. The van der Waals surface area contributed by atoms with Crippen LogP contribution in [0, 0.1) is 5.82 Å². The lowest BCUT2D eigenvalue weighted by molar-refractivity contribution is 0.398. The molecule has 0 saturated heterocycles. The molecule has 0 spiro atoms. The van der Waals surface area contributed by atoms with E-state index in [2.05, 4.69) is 10.2 Å². The Hall–Kier alpha value is -2.47. The van der Waals surface area contributed by atoms with Crippen molar-refractivity contribution >= 4 is 10.8 Å². The summed E-state index contributed by atoms with van der Waals surface area (Å²) in [5.74, 6) is -1.34. The van der Waals surface area contributed by atoms with Crippen LogP contribution in [-0.4, -0.2) is 10.2 Å². The van der Waals surface area contributed by atoms with Gasteiger partial charge in [0.25, 0.3) is 0 Å². The van der Waals surface area contributed by atoms with Crippen LogP contribution in [0.2, 0.25) is 0 Å². The summed E-state index contributed by atoms with van der Waals surface area (Å²) in [6.07, 6.45) is 0. The first-order valence-electron chi connectivity index (χ1n) is 6.56. The van der Waals surface area contributed by atoms with Crippen LogP contribution in [0.4, 0.5) is 4.39 Å². The largest absolute Gasteiger partial charge is 0.434 e. The van der Waals surface area contributed by atoms with Gasteiger partial charge in [-0.1, -0.05) is 37.3 Å². The number of halogens is 1. The zero-order chi connectivity index (χ0) is 15.0. The molecule has 0 saturated carbocycles. The maximum Gasteiger partial charge on any atom is 0.434 e. The van der Waals surface area contributed by atoms with Gasteiger partial charge < -0.3 is 10.2 Å². The van der Waals surface area contributed by atoms with Crippen LogP contribution in [0.15, 0.2) is 45.6 Å². The molecule has 1 aromatic heterocycles. The molecule has 0 fully saturated rings. The van der Waals surface area contributed by atoms with Gasteiger partial charge in [0.2, 0.25) is 5.89 Å². The number of rotatable bonds is 3. The second-order valence-corrected chi connectivity index (χ2v) is 4.95. The SMILES string of the molecule is CC(c1c(F)ccc2ccccc12)C(N)c1n[nH]c(=O)o1. The second-order valence-electron chi connectivity index (χ2n) is 4.95. The van der Waals surface area contributed by atoms with E-state index in [0.717, 1.165) is 10.8 Å². The van der Waals surface area contributed by atoms with Crippen molar-refractivity contribution in [1.82, 2.24) is 10.2 Å². The molecule has 0 aliphatic heterocycles. The average Bonchev–Trinajstić information content (AvgIpc) is 2.92. The molecular weight excluding hydrogens is 273 g/mol. The van der Waals surface area contributed by atoms with Crippen LogP contribution < -0.4 is 11.5 Å². The molecule has 6 heteroatoms. The van der Waals surface area contributed by atoms with E-state index in [4.69, 9.17) is 10.2 Å². The molecule has 0 amide bonds. The van der Waals surface area contributed by atoms with Gasteiger partial charge >= 0.3 is 5.76 Å². The van der Waals surface area contributed by atoms with E-state index in [9.17, 15) is 9.18 Å². The average molecular weight is 287 g/mol. The van der Waals surface area contributed by atoms with Crippen molar-refractivity contribution in [2.75, 3.05) is 0 Å². The molecule has 0 bridgehead atoms. The summed E-state index contributed by atoms with van der Waals surface area (Å²) in [7, 11) is 0. The Balaban J connectivity index is 2.11. The molecule has 2 aromatic carbocycles. The first-order chi connectivity index (χ1) is 10.1. The second kappa shape index (κ2) is 5.14. The summed E-state index contributed by atoms with van der Waals surface area (Å²) >= 11 is 0. The van der Waals surface area contributed by atoms with Gasteiger partial charge in [0.1, 0.15) is 5.82 Å². The Morgan fingerprint density at radius 3 is 2.76 bits per heavy atom. The molecule has 0 aliphatic rings. The first-order valence-corrected chi connectivity index (χ1v) is 6.56. The highest BCUT2D eigenvalue weighted by Gasteiger charge is 2.25. The zero-order valence-electron chi connectivity index (χ0n) is 11.3. The smallest absolute Gasteiger partial charge is 0.391 e. The quantitative estimate of drug-likeness (QED) is 0.775. The third-order valence-electron chi connectivity index (χ3n) is 3.65. The molecule has 0 aliphatic carbocycles. The minimum absolute atomic E-state index is 0.0693. The number of nitrogens with two attached hydrogens (primary N) is 1. The van der Waals surface area contributed by atoms with Crippen molar-refractivity contribution in [2.24, 2.45) is 5.73 Å². The molecule has 3 rings (SSSR count). The number of aromatic amines is 1. The number of nitrogens with zero attached hydrogens (tertiary/aromatic N) is 1. The minimum Gasteiger partial charge on any atom is -0.391 e. The molecule has 3 aromatic rings.